The van der Waals surface area contributed by atoms with E-state index in [0.29, 0.717) is 5.82 Å². The molecule has 1 amide bonds. The SMILES string of the molecule is O=C(Cc1nc2cnc3[nH]ccc3c2n1C1CCN(Cc2ccccc2)CC1)N1CC(F)(F)C1. The van der Waals surface area contributed by atoms with Crippen LogP contribution in [0.1, 0.15) is 30.3 Å². The van der Waals surface area contributed by atoms with Crippen LogP contribution in [0.15, 0.2) is 48.8 Å². The normalized spacial score (nSPS) is 19.1. The molecule has 0 saturated carbocycles. The first-order valence-corrected chi connectivity index (χ1v) is 11.7. The number of rotatable bonds is 5. The average Bonchev–Trinajstić information content (AvgIpc) is 3.43. The first-order valence-electron chi connectivity index (χ1n) is 11.7. The number of aromatic nitrogens is 4. The zero-order chi connectivity index (χ0) is 23.3. The summed E-state index contributed by atoms with van der Waals surface area (Å²) < 4.78 is 28.8. The second-order valence-corrected chi connectivity index (χ2v) is 9.41. The molecule has 0 unspecified atom stereocenters. The van der Waals surface area contributed by atoms with Crippen LogP contribution in [-0.4, -0.2) is 67.3 Å². The minimum atomic E-state index is -2.78. The van der Waals surface area contributed by atoms with Crippen LogP contribution in [-0.2, 0) is 17.8 Å². The zero-order valence-corrected chi connectivity index (χ0v) is 18.8. The van der Waals surface area contributed by atoms with Crippen molar-refractivity contribution >= 4 is 28.0 Å². The minimum Gasteiger partial charge on any atom is -0.346 e. The Morgan fingerprint density at radius 1 is 1.12 bits per heavy atom. The third-order valence-corrected chi connectivity index (χ3v) is 6.99. The summed E-state index contributed by atoms with van der Waals surface area (Å²) in [5, 5.41) is 0.964. The fourth-order valence-electron chi connectivity index (χ4n) is 5.27. The molecule has 2 aliphatic rings. The average molecular weight is 465 g/mol. The first-order chi connectivity index (χ1) is 16.5. The number of imidazole rings is 1. The Labute approximate surface area is 195 Å². The molecule has 0 radical (unpaired) electrons. The van der Waals surface area contributed by atoms with Gasteiger partial charge < -0.3 is 14.5 Å². The van der Waals surface area contributed by atoms with Gasteiger partial charge in [-0.1, -0.05) is 30.3 Å². The molecule has 5 heterocycles. The first kappa shape index (κ1) is 21.2. The molecule has 176 valence electrons. The number of H-pyrrole nitrogens is 1. The van der Waals surface area contributed by atoms with Gasteiger partial charge in [0.1, 0.15) is 17.0 Å². The van der Waals surface area contributed by atoms with Crippen LogP contribution in [0.4, 0.5) is 8.78 Å². The second-order valence-electron chi connectivity index (χ2n) is 9.41. The van der Waals surface area contributed by atoms with Crippen LogP contribution in [0, 0.1) is 0 Å². The molecular weight excluding hydrogens is 438 g/mol. The van der Waals surface area contributed by atoms with E-state index in [4.69, 9.17) is 4.98 Å². The van der Waals surface area contributed by atoms with Crippen molar-refractivity contribution in [2.75, 3.05) is 26.2 Å². The van der Waals surface area contributed by atoms with Gasteiger partial charge in [-0.05, 0) is 24.5 Å². The van der Waals surface area contributed by atoms with Gasteiger partial charge in [0.25, 0.3) is 5.92 Å². The molecule has 34 heavy (non-hydrogen) atoms. The number of carbonyl (C=O) groups excluding carboxylic acids is 1. The Bertz CT molecular complexity index is 1330. The van der Waals surface area contributed by atoms with E-state index < -0.39 is 19.0 Å². The summed E-state index contributed by atoms with van der Waals surface area (Å²) in [6.45, 7) is 1.78. The summed E-state index contributed by atoms with van der Waals surface area (Å²) in [6.07, 6.45) is 5.44. The molecule has 2 aliphatic heterocycles. The van der Waals surface area contributed by atoms with Gasteiger partial charge in [0, 0.05) is 37.3 Å². The number of piperidine rings is 1. The maximum atomic E-state index is 13.3. The summed E-state index contributed by atoms with van der Waals surface area (Å²) in [7, 11) is 0. The molecule has 2 fully saturated rings. The number of pyridine rings is 1. The molecular formula is C25H26F2N6O. The number of hydrogen-bond donors (Lipinski definition) is 1. The van der Waals surface area contributed by atoms with E-state index in [2.05, 4.69) is 43.7 Å². The Kier molecular flexibility index (Phi) is 5.09. The van der Waals surface area contributed by atoms with Gasteiger partial charge >= 0.3 is 0 Å². The van der Waals surface area contributed by atoms with Crippen molar-refractivity contribution in [3.8, 4) is 0 Å². The highest BCUT2D eigenvalue weighted by molar-refractivity contribution is 6.01. The maximum Gasteiger partial charge on any atom is 0.282 e. The van der Waals surface area contributed by atoms with E-state index >= 15 is 0 Å². The van der Waals surface area contributed by atoms with Crippen LogP contribution < -0.4 is 0 Å². The van der Waals surface area contributed by atoms with Crippen molar-refractivity contribution < 1.29 is 13.6 Å². The van der Waals surface area contributed by atoms with Gasteiger partial charge in [0.15, 0.2) is 0 Å². The number of benzene rings is 1. The van der Waals surface area contributed by atoms with E-state index in [9.17, 15) is 13.6 Å². The topological polar surface area (TPSA) is 70.0 Å². The van der Waals surface area contributed by atoms with Gasteiger partial charge in [-0.3, -0.25) is 9.69 Å². The number of aromatic amines is 1. The number of nitrogens with zero attached hydrogens (tertiary/aromatic N) is 5. The van der Waals surface area contributed by atoms with E-state index in [1.165, 1.54) is 10.5 Å². The van der Waals surface area contributed by atoms with Crippen molar-refractivity contribution in [3.05, 3.63) is 60.2 Å². The van der Waals surface area contributed by atoms with Gasteiger partial charge in [0.2, 0.25) is 5.91 Å². The van der Waals surface area contributed by atoms with Crippen LogP contribution in [0.3, 0.4) is 0 Å². The molecule has 6 rings (SSSR count). The van der Waals surface area contributed by atoms with E-state index in [1.54, 1.807) is 6.20 Å². The predicted molar refractivity (Wildman–Crippen MR) is 125 cm³/mol. The highest BCUT2D eigenvalue weighted by atomic mass is 19.3. The lowest BCUT2D eigenvalue weighted by Crippen LogP contribution is -2.58. The highest BCUT2D eigenvalue weighted by Crippen LogP contribution is 2.34. The van der Waals surface area contributed by atoms with Crippen LogP contribution in [0.25, 0.3) is 22.1 Å². The number of halogens is 2. The van der Waals surface area contributed by atoms with Crippen LogP contribution >= 0.6 is 0 Å². The fourth-order valence-corrected chi connectivity index (χ4v) is 5.27. The van der Waals surface area contributed by atoms with Gasteiger partial charge in [-0.15, -0.1) is 0 Å². The molecule has 7 nitrogen and oxygen atoms in total. The monoisotopic (exact) mass is 464 g/mol. The number of amides is 1. The number of fused-ring (bicyclic) bond motifs is 3. The number of nitrogens with one attached hydrogen (secondary N) is 1. The Morgan fingerprint density at radius 2 is 1.88 bits per heavy atom. The van der Waals surface area contributed by atoms with Crippen molar-refractivity contribution in [3.63, 3.8) is 0 Å². The molecule has 3 aromatic heterocycles. The second kappa shape index (κ2) is 8.16. The molecule has 0 bridgehead atoms. The number of likely N-dealkylation sites (tertiary alicyclic amines) is 2. The maximum absolute atomic E-state index is 13.3. The lowest BCUT2D eigenvalue weighted by Gasteiger charge is -2.39. The summed E-state index contributed by atoms with van der Waals surface area (Å²) in [6, 6.07) is 12.6. The predicted octanol–water partition coefficient (Wildman–Crippen LogP) is 3.77. The molecule has 0 atom stereocenters. The zero-order valence-electron chi connectivity index (χ0n) is 18.8. The standard InChI is InChI=1S/C25H26F2N6O/c26-25(27)15-32(16-25)22(34)12-21-30-20-13-29-24-19(6-9-28-24)23(20)33(21)18-7-10-31(11-8-18)14-17-4-2-1-3-5-17/h1-6,9,13,18H,7-8,10-12,14-16H2,(H,28,29). The van der Waals surface area contributed by atoms with Crippen molar-refractivity contribution in [1.82, 2.24) is 29.3 Å². The summed E-state index contributed by atoms with van der Waals surface area (Å²) in [5.74, 6) is -2.45. The molecule has 2 saturated heterocycles. The largest absolute Gasteiger partial charge is 0.346 e. The molecule has 1 N–H and O–H groups in total. The number of alkyl halides is 2. The van der Waals surface area contributed by atoms with Crippen LogP contribution in [0.2, 0.25) is 0 Å². The van der Waals surface area contributed by atoms with Crippen LogP contribution in [0.5, 0.6) is 0 Å². The molecule has 0 spiro atoms. The summed E-state index contributed by atoms with van der Waals surface area (Å²) >= 11 is 0. The molecule has 9 heteroatoms. The van der Waals surface area contributed by atoms with E-state index in [0.717, 1.165) is 54.5 Å². The molecule has 0 aliphatic carbocycles. The van der Waals surface area contributed by atoms with Gasteiger partial charge in [0.05, 0.1) is 31.2 Å². The quantitative estimate of drug-likeness (QED) is 0.488. The highest BCUT2D eigenvalue weighted by Gasteiger charge is 2.46. The third-order valence-electron chi connectivity index (χ3n) is 6.99. The van der Waals surface area contributed by atoms with Crippen molar-refractivity contribution in [2.45, 2.75) is 37.8 Å². The number of carbonyl (C=O) groups is 1. The lowest BCUT2D eigenvalue weighted by molar-refractivity contribution is -0.165. The van der Waals surface area contributed by atoms with Gasteiger partial charge in [-0.2, -0.15) is 0 Å². The fraction of sp³-hybridized carbons (Fsp3) is 0.400. The minimum absolute atomic E-state index is 0.0148. The smallest absolute Gasteiger partial charge is 0.282 e. The van der Waals surface area contributed by atoms with Crippen molar-refractivity contribution in [1.29, 1.82) is 0 Å². The Hall–Kier alpha value is -3.33. The third kappa shape index (κ3) is 3.83. The lowest BCUT2D eigenvalue weighted by atomic mass is 10.0. The molecule has 1 aromatic carbocycles. The molecule has 4 aromatic rings. The van der Waals surface area contributed by atoms with Crippen molar-refractivity contribution in [2.24, 2.45) is 0 Å². The van der Waals surface area contributed by atoms with Gasteiger partial charge in [-0.25, -0.2) is 18.7 Å². The number of hydrogen-bond acceptors (Lipinski definition) is 4. The Balaban J connectivity index is 1.29. The summed E-state index contributed by atoms with van der Waals surface area (Å²) in [4.78, 5) is 28.8. The van der Waals surface area contributed by atoms with E-state index in [-0.39, 0.29) is 18.4 Å². The van der Waals surface area contributed by atoms with E-state index in [1.807, 2.05) is 18.3 Å². The summed E-state index contributed by atoms with van der Waals surface area (Å²) in [5.41, 5.74) is 3.77. The Morgan fingerprint density at radius 3 is 2.62 bits per heavy atom.